The van der Waals surface area contributed by atoms with Gasteiger partial charge in [0.25, 0.3) is 0 Å². The molecule has 4 rings (SSSR count). The second-order valence-electron chi connectivity index (χ2n) is 10.1. The number of allylic oxidation sites excluding steroid dienone is 1. The third kappa shape index (κ3) is 2.52. The van der Waals surface area contributed by atoms with Crippen LogP contribution in [0.3, 0.4) is 0 Å². The minimum absolute atomic E-state index is 0.125. The van der Waals surface area contributed by atoms with Gasteiger partial charge in [-0.25, -0.2) is 0 Å². The molecular formula is C22H35NO2. The van der Waals surface area contributed by atoms with E-state index >= 15 is 0 Å². The van der Waals surface area contributed by atoms with Gasteiger partial charge in [0.1, 0.15) is 0 Å². The van der Waals surface area contributed by atoms with E-state index in [2.05, 4.69) is 32.2 Å². The molecule has 3 fully saturated rings. The smallest absolute Gasteiger partial charge is 0.217 e. The van der Waals surface area contributed by atoms with E-state index in [9.17, 15) is 9.90 Å². The first-order valence-electron chi connectivity index (χ1n) is 10.4. The number of carbonyl (C=O) groups excluding carboxylic acids is 1. The topological polar surface area (TPSA) is 49.3 Å². The van der Waals surface area contributed by atoms with Gasteiger partial charge in [0.2, 0.25) is 5.91 Å². The molecule has 0 spiro atoms. The number of nitrogens with one attached hydrogen (secondary N) is 1. The van der Waals surface area contributed by atoms with Crippen LogP contribution in [0.15, 0.2) is 11.6 Å². The molecule has 0 unspecified atom stereocenters. The molecular weight excluding hydrogens is 310 g/mol. The molecule has 3 saturated carbocycles. The van der Waals surface area contributed by atoms with E-state index < -0.39 is 0 Å². The average Bonchev–Trinajstić information content (AvgIpc) is 2.79. The Kier molecular flexibility index (Phi) is 4.10. The van der Waals surface area contributed by atoms with Gasteiger partial charge in [-0.1, -0.05) is 32.4 Å². The Morgan fingerprint density at radius 2 is 2.00 bits per heavy atom. The van der Waals surface area contributed by atoms with Crippen LogP contribution in [-0.2, 0) is 4.79 Å². The van der Waals surface area contributed by atoms with Crippen LogP contribution in [0.1, 0.15) is 72.6 Å². The Morgan fingerprint density at radius 3 is 2.72 bits per heavy atom. The highest BCUT2D eigenvalue weighted by Crippen LogP contribution is 2.65. The largest absolute Gasteiger partial charge is 0.393 e. The number of aliphatic hydroxyl groups excluding tert-OH is 1. The summed E-state index contributed by atoms with van der Waals surface area (Å²) in [6, 6.07) is 0.335. The number of fused-ring (bicyclic) bond motifs is 5. The molecule has 0 radical (unpaired) electrons. The SMILES string of the molecule is CC(=O)N[C@@H]1[C@H](C)C[C@H]2[C@H]3CC=C4C[C@H](O)CC[C@]4(C)[C@@H]3CC[C@]12C. The first kappa shape index (κ1) is 17.6. The number of hydrogen-bond acceptors (Lipinski definition) is 2. The standard InChI is InChI=1S/C22H35NO2/c1-13-11-19-17-6-5-15-12-16(25)7-9-21(15,3)18(17)8-10-22(19,4)20(13)23-14(2)24/h5,13,16-20,25H,6-12H2,1-4H3,(H,23,24)/t13-,16-,17+,18-,19+,20-,21+,22+/m1/s1. The van der Waals surface area contributed by atoms with Gasteiger partial charge in [-0.15, -0.1) is 0 Å². The molecule has 0 aliphatic heterocycles. The summed E-state index contributed by atoms with van der Waals surface area (Å²) < 4.78 is 0. The number of amides is 1. The van der Waals surface area contributed by atoms with Crippen LogP contribution in [0.2, 0.25) is 0 Å². The third-order valence-corrected chi connectivity index (χ3v) is 8.78. The first-order chi connectivity index (χ1) is 11.8. The molecule has 4 aliphatic rings. The van der Waals surface area contributed by atoms with E-state index in [1.54, 1.807) is 12.5 Å². The zero-order valence-corrected chi connectivity index (χ0v) is 16.3. The highest BCUT2D eigenvalue weighted by Gasteiger charge is 2.60. The van der Waals surface area contributed by atoms with Crippen LogP contribution >= 0.6 is 0 Å². The molecule has 4 aliphatic carbocycles. The van der Waals surface area contributed by atoms with Crippen LogP contribution in [0.5, 0.6) is 0 Å². The van der Waals surface area contributed by atoms with Gasteiger partial charge in [-0.05, 0) is 79.4 Å². The van der Waals surface area contributed by atoms with Gasteiger partial charge in [0.15, 0.2) is 0 Å². The van der Waals surface area contributed by atoms with Crippen LogP contribution in [0.4, 0.5) is 0 Å². The predicted octanol–water partition coefficient (Wildman–Crippen LogP) is 4.06. The predicted molar refractivity (Wildman–Crippen MR) is 99.9 cm³/mol. The minimum atomic E-state index is -0.125. The lowest BCUT2D eigenvalue weighted by Crippen LogP contribution is -2.54. The van der Waals surface area contributed by atoms with Crippen molar-refractivity contribution >= 4 is 5.91 Å². The van der Waals surface area contributed by atoms with Crippen LogP contribution in [-0.4, -0.2) is 23.2 Å². The highest BCUT2D eigenvalue weighted by atomic mass is 16.3. The fraction of sp³-hybridized carbons (Fsp3) is 0.864. The summed E-state index contributed by atoms with van der Waals surface area (Å²) in [6.45, 7) is 8.93. The van der Waals surface area contributed by atoms with Gasteiger partial charge in [0.05, 0.1) is 6.10 Å². The molecule has 1 amide bonds. The lowest BCUT2D eigenvalue weighted by Gasteiger charge is -2.58. The van der Waals surface area contributed by atoms with Crippen molar-refractivity contribution in [2.75, 3.05) is 0 Å². The van der Waals surface area contributed by atoms with Crippen LogP contribution in [0, 0.1) is 34.5 Å². The monoisotopic (exact) mass is 345 g/mol. The molecule has 0 heterocycles. The Morgan fingerprint density at radius 1 is 1.24 bits per heavy atom. The molecule has 0 saturated heterocycles. The van der Waals surface area contributed by atoms with Crippen LogP contribution < -0.4 is 5.32 Å². The molecule has 25 heavy (non-hydrogen) atoms. The van der Waals surface area contributed by atoms with Crippen molar-refractivity contribution in [3.05, 3.63) is 11.6 Å². The summed E-state index contributed by atoms with van der Waals surface area (Å²) in [5.41, 5.74) is 2.10. The second-order valence-corrected chi connectivity index (χ2v) is 10.1. The molecule has 140 valence electrons. The Balaban J connectivity index is 1.64. The zero-order valence-electron chi connectivity index (χ0n) is 16.3. The molecule has 3 nitrogen and oxygen atoms in total. The van der Waals surface area contributed by atoms with E-state index in [-0.39, 0.29) is 17.4 Å². The van der Waals surface area contributed by atoms with Crippen molar-refractivity contribution in [1.82, 2.24) is 5.32 Å². The quantitative estimate of drug-likeness (QED) is 0.704. The molecule has 2 N–H and O–H groups in total. The summed E-state index contributed by atoms with van der Waals surface area (Å²) in [5, 5.41) is 13.4. The second kappa shape index (κ2) is 5.84. The Hall–Kier alpha value is -0.830. The van der Waals surface area contributed by atoms with Gasteiger partial charge >= 0.3 is 0 Å². The summed E-state index contributed by atoms with van der Waals surface area (Å²) in [5.74, 6) is 2.94. The molecule has 0 aromatic rings. The van der Waals surface area contributed by atoms with E-state index in [1.165, 1.54) is 25.7 Å². The lowest BCUT2D eigenvalue weighted by atomic mass is 9.48. The molecule has 0 aromatic heterocycles. The van der Waals surface area contributed by atoms with E-state index in [0.717, 1.165) is 37.0 Å². The fourth-order valence-corrected chi connectivity index (χ4v) is 7.53. The molecule has 3 heteroatoms. The minimum Gasteiger partial charge on any atom is -0.393 e. The van der Waals surface area contributed by atoms with Gasteiger partial charge in [-0.2, -0.15) is 0 Å². The lowest BCUT2D eigenvalue weighted by molar-refractivity contribution is -0.121. The molecule has 8 atom stereocenters. The summed E-state index contributed by atoms with van der Waals surface area (Å²) >= 11 is 0. The van der Waals surface area contributed by atoms with Gasteiger partial charge in [0, 0.05) is 13.0 Å². The Bertz CT molecular complexity index is 599. The van der Waals surface area contributed by atoms with Crippen molar-refractivity contribution in [2.24, 2.45) is 34.5 Å². The zero-order chi connectivity index (χ0) is 18.0. The summed E-state index contributed by atoms with van der Waals surface area (Å²) in [6.07, 6.45) is 10.3. The van der Waals surface area contributed by atoms with Gasteiger partial charge in [-0.3, -0.25) is 4.79 Å². The number of rotatable bonds is 1. The average molecular weight is 346 g/mol. The van der Waals surface area contributed by atoms with Crippen LogP contribution in [0.25, 0.3) is 0 Å². The Labute approximate surface area is 152 Å². The molecule has 0 bridgehead atoms. The van der Waals surface area contributed by atoms with Gasteiger partial charge < -0.3 is 10.4 Å². The van der Waals surface area contributed by atoms with E-state index in [0.29, 0.717) is 17.4 Å². The van der Waals surface area contributed by atoms with Crippen molar-refractivity contribution in [2.45, 2.75) is 84.8 Å². The maximum atomic E-state index is 11.8. The number of carbonyl (C=O) groups is 1. The summed E-state index contributed by atoms with van der Waals surface area (Å²) in [7, 11) is 0. The molecule has 0 aromatic carbocycles. The summed E-state index contributed by atoms with van der Waals surface area (Å²) in [4.78, 5) is 11.8. The van der Waals surface area contributed by atoms with Crippen molar-refractivity contribution in [3.63, 3.8) is 0 Å². The maximum absolute atomic E-state index is 11.8. The van der Waals surface area contributed by atoms with E-state index in [4.69, 9.17) is 0 Å². The maximum Gasteiger partial charge on any atom is 0.217 e. The van der Waals surface area contributed by atoms with Crippen molar-refractivity contribution in [3.8, 4) is 0 Å². The number of aliphatic hydroxyl groups is 1. The first-order valence-corrected chi connectivity index (χ1v) is 10.4. The fourth-order valence-electron chi connectivity index (χ4n) is 7.53. The van der Waals surface area contributed by atoms with Crippen molar-refractivity contribution in [1.29, 1.82) is 0 Å². The normalized spacial score (nSPS) is 51.8. The van der Waals surface area contributed by atoms with E-state index in [1.807, 2.05) is 0 Å². The highest BCUT2D eigenvalue weighted by molar-refractivity contribution is 5.73. The number of hydrogen-bond donors (Lipinski definition) is 2. The third-order valence-electron chi connectivity index (χ3n) is 8.78. The van der Waals surface area contributed by atoms with Crippen molar-refractivity contribution < 1.29 is 9.90 Å².